The molecule has 2 atom stereocenters. The average molecular weight is 571 g/mol. The zero-order valence-electron chi connectivity index (χ0n) is 23.6. The second-order valence-corrected chi connectivity index (χ2v) is 11.2. The van der Waals surface area contributed by atoms with Gasteiger partial charge in [0.2, 0.25) is 0 Å². The molecular formula is C32H34N4O6. The number of carbonyl (C=O) groups excluding carboxylic acids is 1. The molecule has 5 rings (SSSR count). The Balaban J connectivity index is 1.35. The van der Waals surface area contributed by atoms with Crippen LogP contribution in [0.4, 0.5) is 21.9 Å². The summed E-state index contributed by atoms with van der Waals surface area (Å²) in [6, 6.07) is 21.8. The Kier molecular flexibility index (Phi) is 8.59. The highest BCUT2D eigenvalue weighted by atomic mass is 16.6. The van der Waals surface area contributed by atoms with E-state index in [0.717, 1.165) is 36.1 Å². The quantitative estimate of drug-likeness (QED) is 0.155. The summed E-state index contributed by atoms with van der Waals surface area (Å²) in [5.74, 6) is 0.751. The van der Waals surface area contributed by atoms with Gasteiger partial charge in [0.25, 0.3) is 5.69 Å². The van der Waals surface area contributed by atoms with Crippen molar-refractivity contribution >= 4 is 23.2 Å². The molecule has 218 valence electrons. The van der Waals surface area contributed by atoms with Crippen molar-refractivity contribution in [3.8, 4) is 5.75 Å². The minimum atomic E-state index is -0.691. The number of hydrogen-bond acceptors (Lipinski definition) is 7. The van der Waals surface area contributed by atoms with Gasteiger partial charge >= 0.3 is 6.09 Å². The Morgan fingerprint density at radius 1 is 1.10 bits per heavy atom. The van der Waals surface area contributed by atoms with E-state index < -0.39 is 15.9 Å². The Morgan fingerprint density at radius 2 is 1.88 bits per heavy atom. The molecule has 1 N–H and O–H groups in total. The number of amides is 1. The van der Waals surface area contributed by atoms with Crippen LogP contribution in [0, 0.1) is 22.1 Å². The number of benzene rings is 3. The fraction of sp³-hybridized carbons (Fsp3) is 0.375. The molecule has 1 aliphatic carbocycles. The fourth-order valence-corrected chi connectivity index (χ4v) is 6.10. The van der Waals surface area contributed by atoms with Crippen molar-refractivity contribution in [3.05, 3.63) is 105 Å². The van der Waals surface area contributed by atoms with Crippen LogP contribution < -0.4 is 10.1 Å². The van der Waals surface area contributed by atoms with E-state index in [9.17, 15) is 14.9 Å². The molecule has 1 amide bonds. The van der Waals surface area contributed by atoms with Crippen molar-refractivity contribution in [1.29, 1.82) is 0 Å². The van der Waals surface area contributed by atoms with Crippen molar-refractivity contribution < 1.29 is 23.9 Å². The van der Waals surface area contributed by atoms with Crippen LogP contribution in [0.2, 0.25) is 0 Å². The van der Waals surface area contributed by atoms with E-state index in [4.69, 9.17) is 20.8 Å². The molecule has 1 unspecified atom stereocenters. The zero-order chi connectivity index (χ0) is 29.6. The van der Waals surface area contributed by atoms with Crippen molar-refractivity contribution in [1.82, 2.24) is 4.90 Å². The average Bonchev–Trinajstić information content (AvgIpc) is 3.29. The molecule has 10 nitrogen and oxygen atoms in total. The van der Waals surface area contributed by atoms with Gasteiger partial charge in [-0.25, -0.2) is 9.64 Å². The number of nitro groups is 1. The molecule has 2 fully saturated rings. The lowest BCUT2D eigenvalue weighted by Gasteiger charge is -2.45. The van der Waals surface area contributed by atoms with E-state index in [-0.39, 0.29) is 11.8 Å². The lowest BCUT2D eigenvalue weighted by Crippen LogP contribution is -2.49. The second kappa shape index (κ2) is 12.5. The molecule has 1 aliphatic heterocycles. The van der Waals surface area contributed by atoms with Crippen LogP contribution in [-0.2, 0) is 22.6 Å². The number of hydrogen-bond donors (Lipinski definition) is 1. The standard InChI is InChI=1S/C32H34N4O6/c1-33-26-11-14-29(36(38)39)28(17-26)34-21-31(23-41-19-25-7-4-3-5-8-25)15-6-16-32(20-31)22-35(30(37)42-32)18-24-9-12-27(40-2)13-10-24/h3-5,7-14,17,34H,6,15-16,18-23H2,2H3/t31-,32?/m1/s1. The summed E-state index contributed by atoms with van der Waals surface area (Å²) in [5.41, 5.74) is 1.38. The Morgan fingerprint density at radius 3 is 2.60 bits per heavy atom. The van der Waals surface area contributed by atoms with Gasteiger partial charge in [0.05, 0.1) is 38.4 Å². The molecule has 0 aromatic heterocycles. The first-order valence-corrected chi connectivity index (χ1v) is 13.9. The van der Waals surface area contributed by atoms with Gasteiger partial charge in [-0.2, -0.15) is 0 Å². The molecule has 42 heavy (non-hydrogen) atoms. The number of anilines is 1. The molecule has 1 heterocycles. The summed E-state index contributed by atoms with van der Waals surface area (Å²) < 4.78 is 17.6. The maximum Gasteiger partial charge on any atom is 0.410 e. The minimum absolute atomic E-state index is 0.0914. The van der Waals surface area contributed by atoms with Gasteiger partial charge in [-0.3, -0.25) is 15.0 Å². The molecule has 2 aliphatic rings. The van der Waals surface area contributed by atoms with Gasteiger partial charge in [0.1, 0.15) is 17.0 Å². The summed E-state index contributed by atoms with van der Waals surface area (Å²) in [7, 11) is 1.62. The summed E-state index contributed by atoms with van der Waals surface area (Å²) in [5, 5.41) is 15.0. The van der Waals surface area contributed by atoms with Crippen LogP contribution in [0.5, 0.6) is 5.75 Å². The molecule has 3 aromatic carbocycles. The minimum Gasteiger partial charge on any atom is -0.497 e. The molecule has 1 spiro atoms. The van der Waals surface area contributed by atoms with Gasteiger partial charge in [-0.15, -0.1) is 0 Å². The van der Waals surface area contributed by atoms with Gasteiger partial charge < -0.3 is 19.5 Å². The van der Waals surface area contributed by atoms with E-state index >= 15 is 0 Å². The SMILES string of the molecule is [C-]#[N+]c1ccc([N+](=O)[O-])c(NC[C@@]2(COCc3ccccc3)CCCC3(CN(Cc4ccc(OC)cc4)C(=O)O3)C2)c1. The molecule has 10 heteroatoms. The molecular weight excluding hydrogens is 536 g/mol. The van der Waals surface area contributed by atoms with Crippen LogP contribution >= 0.6 is 0 Å². The van der Waals surface area contributed by atoms with E-state index in [2.05, 4.69) is 10.2 Å². The molecule has 0 bridgehead atoms. The number of nitrogens with zero attached hydrogens (tertiary/aromatic N) is 3. The van der Waals surface area contributed by atoms with Gasteiger partial charge in [0.15, 0.2) is 5.69 Å². The highest BCUT2D eigenvalue weighted by Gasteiger charge is 2.52. The second-order valence-electron chi connectivity index (χ2n) is 11.2. The fourth-order valence-electron chi connectivity index (χ4n) is 6.10. The third-order valence-electron chi connectivity index (χ3n) is 8.09. The number of ether oxygens (including phenoxy) is 3. The third kappa shape index (κ3) is 6.64. The maximum absolute atomic E-state index is 13.1. The summed E-state index contributed by atoms with van der Waals surface area (Å²) in [6.07, 6.45) is 2.53. The number of nitrogens with one attached hydrogen (secondary N) is 1. The molecule has 1 saturated heterocycles. The third-order valence-corrected chi connectivity index (χ3v) is 8.09. The normalized spacial score (nSPS) is 21.5. The highest BCUT2D eigenvalue weighted by Crippen LogP contribution is 2.47. The van der Waals surface area contributed by atoms with Crippen LogP contribution in [0.15, 0.2) is 72.8 Å². The zero-order valence-corrected chi connectivity index (χ0v) is 23.6. The topological polar surface area (TPSA) is 108 Å². The lowest BCUT2D eigenvalue weighted by atomic mass is 9.67. The van der Waals surface area contributed by atoms with Crippen molar-refractivity contribution in [3.63, 3.8) is 0 Å². The van der Waals surface area contributed by atoms with E-state index in [1.54, 1.807) is 12.0 Å². The first kappa shape index (κ1) is 28.9. The highest BCUT2D eigenvalue weighted by molar-refractivity contribution is 5.71. The van der Waals surface area contributed by atoms with Crippen LogP contribution in [0.3, 0.4) is 0 Å². The van der Waals surface area contributed by atoms with Crippen LogP contribution in [0.1, 0.15) is 36.8 Å². The molecule has 0 radical (unpaired) electrons. The van der Waals surface area contributed by atoms with Crippen molar-refractivity contribution in [2.24, 2.45) is 5.41 Å². The van der Waals surface area contributed by atoms with Gasteiger partial charge in [-0.05, 0) is 61.1 Å². The first-order chi connectivity index (χ1) is 20.3. The smallest absolute Gasteiger partial charge is 0.410 e. The number of rotatable bonds is 11. The van der Waals surface area contributed by atoms with Crippen LogP contribution in [0.25, 0.3) is 4.85 Å². The van der Waals surface area contributed by atoms with Gasteiger partial charge in [0, 0.05) is 24.6 Å². The largest absolute Gasteiger partial charge is 0.497 e. The summed E-state index contributed by atoms with van der Waals surface area (Å²) in [4.78, 5) is 29.5. The monoisotopic (exact) mass is 570 g/mol. The number of methoxy groups -OCH3 is 1. The predicted octanol–water partition coefficient (Wildman–Crippen LogP) is 6.73. The van der Waals surface area contributed by atoms with E-state index in [1.165, 1.54) is 18.2 Å². The summed E-state index contributed by atoms with van der Waals surface area (Å²) in [6.45, 7) is 9.39. The van der Waals surface area contributed by atoms with Crippen LogP contribution in [-0.4, -0.2) is 48.3 Å². The number of nitro benzene ring substituents is 1. The Hall–Kier alpha value is -4.62. The van der Waals surface area contributed by atoms with E-state index in [1.807, 2.05) is 54.6 Å². The van der Waals surface area contributed by atoms with Crippen molar-refractivity contribution in [2.45, 2.75) is 44.4 Å². The van der Waals surface area contributed by atoms with E-state index in [0.29, 0.717) is 50.6 Å². The maximum atomic E-state index is 13.1. The lowest BCUT2D eigenvalue weighted by molar-refractivity contribution is -0.384. The predicted molar refractivity (Wildman–Crippen MR) is 157 cm³/mol. The summed E-state index contributed by atoms with van der Waals surface area (Å²) >= 11 is 0. The van der Waals surface area contributed by atoms with Crippen molar-refractivity contribution in [2.75, 3.05) is 32.1 Å². The molecule has 1 saturated carbocycles. The number of carbonyl (C=O) groups is 1. The Labute approximate surface area is 245 Å². The first-order valence-electron chi connectivity index (χ1n) is 13.9. The Bertz CT molecular complexity index is 1460. The van der Waals surface area contributed by atoms with Gasteiger partial charge in [-0.1, -0.05) is 42.5 Å². The molecule has 3 aromatic rings.